The molecule has 0 bridgehead atoms. The number of aromatic nitrogens is 6. The molecule has 0 aliphatic heterocycles. The van der Waals surface area contributed by atoms with Crippen LogP contribution in [0.3, 0.4) is 0 Å². The first-order valence-electron chi connectivity index (χ1n) is 12.1. The molecule has 13 heteroatoms. The molecule has 0 atom stereocenters. The fraction of sp³-hybridized carbons (Fsp3) is 0.308. The summed E-state index contributed by atoms with van der Waals surface area (Å²) in [6.45, 7) is 4.99. The molecular weight excluding hydrogens is 508 g/mol. The Hall–Kier alpha value is -4.68. The van der Waals surface area contributed by atoms with Crippen LogP contribution in [-0.4, -0.2) is 56.2 Å². The van der Waals surface area contributed by atoms with Crippen molar-refractivity contribution in [1.29, 1.82) is 0 Å². The Balaban J connectivity index is 1.63. The van der Waals surface area contributed by atoms with Gasteiger partial charge in [0.1, 0.15) is 29.8 Å². The molecule has 0 aliphatic rings. The van der Waals surface area contributed by atoms with Crippen LogP contribution < -0.4 is 20.7 Å². The van der Waals surface area contributed by atoms with Crippen LogP contribution in [0.2, 0.25) is 0 Å². The Labute approximate surface area is 224 Å². The predicted molar refractivity (Wildman–Crippen MR) is 142 cm³/mol. The van der Waals surface area contributed by atoms with Crippen LogP contribution in [0.25, 0.3) is 11.4 Å². The molecule has 0 fully saturated rings. The second-order valence-electron chi connectivity index (χ2n) is 8.67. The van der Waals surface area contributed by atoms with Crippen molar-refractivity contribution in [1.82, 2.24) is 35.0 Å². The molecule has 3 heterocycles. The van der Waals surface area contributed by atoms with E-state index in [2.05, 4.69) is 41.0 Å². The summed E-state index contributed by atoms with van der Waals surface area (Å²) >= 11 is 0. The summed E-state index contributed by atoms with van der Waals surface area (Å²) in [5, 5.41) is 13.3. The summed E-state index contributed by atoms with van der Waals surface area (Å²) in [5.74, 6) is 2.50. The van der Waals surface area contributed by atoms with Crippen molar-refractivity contribution in [3.05, 3.63) is 65.0 Å². The van der Waals surface area contributed by atoms with E-state index in [9.17, 15) is 13.6 Å². The normalized spacial score (nSPS) is 11.0. The van der Waals surface area contributed by atoms with E-state index >= 15 is 0 Å². The zero-order valence-corrected chi connectivity index (χ0v) is 22.2. The number of para-hydroxylation sites is 1. The molecule has 0 saturated carbocycles. The molecule has 0 aliphatic carbocycles. The lowest BCUT2D eigenvalue weighted by atomic mass is 10.1. The quantitative estimate of drug-likeness (QED) is 0.274. The standard InChI is InChI=1S/C26H29F2N9O2/c1-14-9-23(33-15(2)32-14)35-22-10-17(19(12-31-22)26(38)29-4)11-30-20-8-6-7-18(24(20)39-5)25-34-16(3)37(36-25)13-21(27)28/h6-10,12,21,30H,11,13H2,1-5H3,(H,29,38)(H,31,32,33,35). The van der Waals surface area contributed by atoms with Crippen molar-refractivity contribution in [2.75, 3.05) is 24.8 Å². The number of hydrogen-bond acceptors (Lipinski definition) is 9. The molecule has 0 radical (unpaired) electrons. The first kappa shape index (κ1) is 27.4. The van der Waals surface area contributed by atoms with E-state index in [0.717, 1.165) is 5.69 Å². The number of carbonyl (C=O) groups is 1. The molecule has 39 heavy (non-hydrogen) atoms. The molecule has 1 amide bonds. The third-order valence-corrected chi connectivity index (χ3v) is 5.78. The van der Waals surface area contributed by atoms with Crippen molar-refractivity contribution in [3.8, 4) is 17.1 Å². The van der Waals surface area contributed by atoms with Gasteiger partial charge in [0.05, 0.1) is 23.9 Å². The number of hydrogen-bond donors (Lipinski definition) is 3. The SMILES string of the molecule is CNC(=O)c1cnc(Nc2cc(C)nc(C)n2)cc1CNc1cccc(-c2nc(C)n(CC(F)F)n2)c1OC. The summed E-state index contributed by atoms with van der Waals surface area (Å²) in [5.41, 5.74) is 3.01. The number of halogens is 2. The Morgan fingerprint density at radius 1 is 1.10 bits per heavy atom. The first-order chi connectivity index (χ1) is 18.7. The van der Waals surface area contributed by atoms with E-state index in [-0.39, 0.29) is 18.3 Å². The minimum Gasteiger partial charge on any atom is -0.494 e. The van der Waals surface area contributed by atoms with Crippen LogP contribution in [0.4, 0.5) is 26.1 Å². The number of nitrogens with one attached hydrogen (secondary N) is 3. The maximum Gasteiger partial charge on any atom is 0.257 e. The molecule has 3 N–H and O–H groups in total. The average molecular weight is 538 g/mol. The highest BCUT2D eigenvalue weighted by molar-refractivity contribution is 5.95. The van der Waals surface area contributed by atoms with Crippen molar-refractivity contribution >= 4 is 23.2 Å². The Bertz CT molecular complexity index is 1470. The van der Waals surface area contributed by atoms with Gasteiger partial charge in [-0.05, 0) is 44.5 Å². The van der Waals surface area contributed by atoms with Crippen molar-refractivity contribution < 1.29 is 18.3 Å². The first-order valence-corrected chi connectivity index (χ1v) is 12.1. The lowest BCUT2D eigenvalue weighted by Crippen LogP contribution is -2.21. The van der Waals surface area contributed by atoms with E-state index in [1.54, 1.807) is 51.2 Å². The lowest BCUT2D eigenvalue weighted by Gasteiger charge is -2.16. The summed E-state index contributed by atoms with van der Waals surface area (Å²) < 4.78 is 32.7. The van der Waals surface area contributed by atoms with E-state index in [0.29, 0.717) is 51.4 Å². The fourth-order valence-electron chi connectivity index (χ4n) is 4.06. The number of anilines is 3. The number of aryl methyl sites for hydroxylation is 3. The minimum atomic E-state index is -2.55. The largest absolute Gasteiger partial charge is 0.494 e. The Kier molecular flexibility index (Phi) is 8.27. The van der Waals surface area contributed by atoms with Crippen LogP contribution in [0, 0.1) is 20.8 Å². The molecule has 0 unspecified atom stereocenters. The third-order valence-electron chi connectivity index (χ3n) is 5.78. The summed E-state index contributed by atoms with van der Waals surface area (Å²) in [4.78, 5) is 29.9. The monoisotopic (exact) mass is 537 g/mol. The number of carbonyl (C=O) groups excluding carboxylic acids is 1. The zero-order valence-electron chi connectivity index (χ0n) is 22.2. The molecule has 3 aromatic heterocycles. The Morgan fingerprint density at radius 2 is 1.90 bits per heavy atom. The van der Waals surface area contributed by atoms with E-state index in [4.69, 9.17) is 4.74 Å². The van der Waals surface area contributed by atoms with Gasteiger partial charge in [-0.3, -0.25) is 4.79 Å². The lowest BCUT2D eigenvalue weighted by molar-refractivity contribution is 0.0961. The molecule has 0 spiro atoms. The zero-order chi connectivity index (χ0) is 28.1. The third kappa shape index (κ3) is 6.43. The van der Waals surface area contributed by atoms with Gasteiger partial charge in [-0.25, -0.2) is 33.4 Å². The summed E-state index contributed by atoms with van der Waals surface area (Å²) in [6, 6.07) is 8.90. The molecule has 4 aromatic rings. The number of amides is 1. The van der Waals surface area contributed by atoms with Crippen molar-refractivity contribution in [2.24, 2.45) is 0 Å². The van der Waals surface area contributed by atoms with Crippen LogP contribution in [0.15, 0.2) is 36.5 Å². The van der Waals surface area contributed by atoms with Crippen LogP contribution >= 0.6 is 0 Å². The maximum absolute atomic E-state index is 12.9. The van der Waals surface area contributed by atoms with Crippen LogP contribution in [0.5, 0.6) is 5.75 Å². The molecule has 204 valence electrons. The molecule has 0 saturated heterocycles. The van der Waals surface area contributed by atoms with Gasteiger partial charge in [0.2, 0.25) is 0 Å². The summed E-state index contributed by atoms with van der Waals surface area (Å²) in [7, 11) is 3.05. The molecular formula is C26H29F2N9O2. The minimum absolute atomic E-state index is 0.244. The molecule has 4 rings (SSSR count). The van der Waals surface area contributed by atoms with Gasteiger partial charge in [-0.15, -0.1) is 0 Å². The molecule has 1 aromatic carbocycles. The summed E-state index contributed by atoms with van der Waals surface area (Å²) in [6.07, 6.45) is -1.06. The number of benzene rings is 1. The number of rotatable bonds is 10. The fourth-order valence-corrected chi connectivity index (χ4v) is 4.06. The Morgan fingerprint density at radius 3 is 2.59 bits per heavy atom. The number of ether oxygens (including phenoxy) is 1. The van der Waals surface area contributed by atoms with E-state index in [1.165, 1.54) is 18.0 Å². The van der Waals surface area contributed by atoms with Gasteiger partial charge >= 0.3 is 0 Å². The highest BCUT2D eigenvalue weighted by Gasteiger charge is 2.19. The van der Waals surface area contributed by atoms with Gasteiger partial charge in [0.25, 0.3) is 12.3 Å². The van der Waals surface area contributed by atoms with Crippen LogP contribution in [0.1, 0.15) is 33.3 Å². The number of alkyl halides is 2. The predicted octanol–water partition coefficient (Wildman–Crippen LogP) is 4.04. The van der Waals surface area contributed by atoms with Gasteiger partial charge in [-0.1, -0.05) is 6.07 Å². The van der Waals surface area contributed by atoms with Gasteiger partial charge in [-0.2, -0.15) is 5.10 Å². The van der Waals surface area contributed by atoms with Crippen molar-refractivity contribution in [3.63, 3.8) is 0 Å². The second kappa shape index (κ2) is 11.8. The average Bonchev–Trinajstić information content (AvgIpc) is 3.25. The maximum atomic E-state index is 12.9. The van der Waals surface area contributed by atoms with E-state index in [1.807, 2.05) is 6.92 Å². The topological polar surface area (TPSA) is 132 Å². The second-order valence-corrected chi connectivity index (χ2v) is 8.67. The van der Waals surface area contributed by atoms with Gasteiger partial charge < -0.3 is 20.7 Å². The number of pyridine rings is 1. The number of methoxy groups -OCH3 is 1. The van der Waals surface area contributed by atoms with Crippen molar-refractivity contribution in [2.45, 2.75) is 40.3 Å². The van der Waals surface area contributed by atoms with Crippen LogP contribution in [-0.2, 0) is 13.1 Å². The van der Waals surface area contributed by atoms with Gasteiger partial charge in [0.15, 0.2) is 11.6 Å². The van der Waals surface area contributed by atoms with Gasteiger partial charge in [0, 0.05) is 31.5 Å². The highest BCUT2D eigenvalue weighted by Crippen LogP contribution is 2.35. The van der Waals surface area contributed by atoms with E-state index < -0.39 is 13.0 Å². The smallest absolute Gasteiger partial charge is 0.257 e. The molecule has 11 nitrogen and oxygen atoms in total. The number of nitrogens with zero attached hydrogens (tertiary/aromatic N) is 6. The highest BCUT2D eigenvalue weighted by atomic mass is 19.3.